The molecule has 0 spiro atoms. The fourth-order valence-corrected chi connectivity index (χ4v) is 14.4. The topological polar surface area (TPSA) is 6.48 Å². The third-order valence-corrected chi connectivity index (χ3v) is 19.6. The van der Waals surface area contributed by atoms with Crippen LogP contribution in [0.1, 0.15) is 127 Å². The van der Waals surface area contributed by atoms with Crippen molar-refractivity contribution < 1.29 is 0 Å². The van der Waals surface area contributed by atoms with Crippen molar-refractivity contribution in [2.24, 2.45) is 0 Å². The molecule has 6 aromatic carbocycles. The Balaban J connectivity index is 1.19. The van der Waals surface area contributed by atoms with E-state index in [1.807, 2.05) is 11.3 Å². The van der Waals surface area contributed by atoms with Gasteiger partial charge in [-0.05, 0) is 205 Å². The monoisotopic (exact) mass is 898 g/mol. The minimum atomic E-state index is -1.58. The van der Waals surface area contributed by atoms with Gasteiger partial charge in [-0.2, -0.15) is 0 Å². The molecule has 0 fully saturated rings. The lowest BCUT2D eigenvalue weighted by molar-refractivity contribution is 0.332. The van der Waals surface area contributed by atoms with Crippen LogP contribution in [0.2, 0.25) is 19.6 Å². The van der Waals surface area contributed by atoms with Gasteiger partial charge in [0.2, 0.25) is 0 Å². The minimum Gasteiger partial charge on any atom is -0.311 e. The molecule has 1 aliphatic heterocycles. The van der Waals surface area contributed by atoms with Gasteiger partial charge in [0.25, 0.3) is 6.71 Å². The second kappa shape index (κ2) is 15.2. The van der Waals surface area contributed by atoms with Crippen molar-refractivity contribution in [3.8, 4) is 0 Å². The molecule has 66 heavy (non-hydrogen) atoms. The third-order valence-electron chi connectivity index (χ3n) is 16.6. The maximum absolute atomic E-state index is 3.67. The van der Waals surface area contributed by atoms with Gasteiger partial charge in [-0.3, -0.25) is 0 Å². The summed E-state index contributed by atoms with van der Waals surface area (Å²) < 4.78 is 2.84. The van der Waals surface area contributed by atoms with Crippen LogP contribution in [-0.4, -0.2) is 14.8 Å². The van der Waals surface area contributed by atoms with Gasteiger partial charge < -0.3 is 9.80 Å². The Bertz CT molecular complexity index is 2990. The molecule has 334 valence electrons. The zero-order valence-corrected chi connectivity index (χ0v) is 43.2. The standard InChI is InChI=1S/C61H67BN2SSi/c1-58(2)29-32-61(7,8)51-39-56-42(34-48(51)58)35-57(65-56)62-52-28-25-46(63(43-19-13-12-14-20-43)44-23-26-47(27-24-44)66(9,10)11)36-54(52)64(45-22-21-40-17-15-16-18-41(40)33-45)55-38-50-49(37-53(55)62)59(3,4)30-31-60(50,5)6/h12-14,19-23,25-26,28,33-39H,15-18,29-32H2,1-11H3. The normalized spacial score (nSPS) is 18.7. The van der Waals surface area contributed by atoms with Crippen molar-refractivity contribution in [1.82, 2.24) is 0 Å². The number of fused-ring (bicyclic) bond motifs is 6. The van der Waals surface area contributed by atoms with Crippen LogP contribution in [0.4, 0.5) is 34.1 Å². The molecule has 0 radical (unpaired) electrons. The van der Waals surface area contributed by atoms with E-state index in [9.17, 15) is 0 Å². The average molecular weight is 899 g/mol. The first-order valence-electron chi connectivity index (χ1n) is 24.9. The first-order valence-corrected chi connectivity index (χ1v) is 29.2. The molecule has 5 heteroatoms. The molecule has 2 nitrogen and oxygen atoms in total. The van der Waals surface area contributed by atoms with Crippen molar-refractivity contribution in [2.45, 2.75) is 148 Å². The summed E-state index contributed by atoms with van der Waals surface area (Å²) in [6.45, 7) is 27.0. The number of para-hydroxylation sites is 1. The molecule has 11 rings (SSSR count). The highest BCUT2D eigenvalue weighted by molar-refractivity contribution is 7.32. The maximum atomic E-state index is 3.67. The summed E-state index contributed by atoms with van der Waals surface area (Å²) in [6.07, 6.45) is 9.65. The molecule has 7 aromatic rings. The van der Waals surface area contributed by atoms with Gasteiger partial charge in [0.05, 0.1) is 13.8 Å². The van der Waals surface area contributed by atoms with Crippen LogP contribution in [0.3, 0.4) is 0 Å². The molecule has 0 bridgehead atoms. The van der Waals surface area contributed by atoms with Crippen LogP contribution >= 0.6 is 11.3 Å². The maximum Gasteiger partial charge on any atom is 0.259 e. The number of thiophene rings is 1. The number of nitrogens with zero attached hydrogens (tertiary/aromatic N) is 2. The van der Waals surface area contributed by atoms with E-state index >= 15 is 0 Å². The van der Waals surface area contributed by atoms with Crippen LogP contribution < -0.4 is 30.7 Å². The predicted molar refractivity (Wildman–Crippen MR) is 290 cm³/mol. The highest BCUT2D eigenvalue weighted by Gasteiger charge is 2.44. The molecule has 0 saturated heterocycles. The first kappa shape index (κ1) is 43.5. The highest BCUT2D eigenvalue weighted by Crippen LogP contribution is 2.51. The predicted octanol–water partition coefficient (Wildman–Crippen LogP) is 14.4. The van der Waals surface area contributed by atoms with Crippen molar-refractivity contribution in [3.05, 3.63) is 155 Å². The summed E-state index contributed by atoms with van der Waals surface area (Å²) in [6, 6.07) is 50.6. The fourth-order valence-electron chi connectivity index (χ4n) is 12.1. The number of hydrogen-bond acceptors (Lipinski definition) is 3. The number of hydrogen-bond donors (Lipinski definition) is 0. The van der Waals surface area contributed by atoms with Crippen LogP contribution in [-0.2, 0) is 34.5 Å². The van der Waals surface area contributed by atoms with E-state index < -0.39 is 8.07 Å². The molecule has 0 amide bonds. The Kier molecular flexibility index (Phi) is 10.1. The van der Waals surface area contributed by atoms with E-state index in [2.05, 4.69) is 206 Å². The van der Waals surface area contributed by atoms with Gasteiger partial charge in [0, 0.05) is 33.1 Å². The third kappa shape index (κ3) is 7.20. The molecule has 2 heterocycles. The molecular formula is C61H67BN2SSi. The van der Waals surface area contributed by atoms with Crippen molar-refractivity contribution in [3.63, 3.8) is 0 Å². The number of rotatable bonds is 6. The Morgan fingerprint density at radius 1 is 0.561 bits per heavy atom. The van der Waals surface area contributed by atoms with Crippen molar-refractivity contribution in [2.75, 3.05) is 9.80 Å². The first-order chi connectivity index (χ1) is 31.3. The zero-order valence-electron chi connectivity index (χ0n) is 41.4. The summed E-state index contributed by atoms with van der Waals surface area (Å²) in [5, 5.41) is 2.69. The lowest BCUT2D eigenvalue weighted by Gasteiger charge is -2.45. The molecule has 1 aromatic heterocycles. The number of benzene rings is 5. The molecular weight excluding hydrogens is 832 g/mol. The lowest BCUT2D eigenvalue weighted by Crippen LogP contribution is -2.57. The molecule has 0 atom stereocenters. The molecule has 0 unspecified atom stereocenters. The van der Waals surface area contributed by atoms with E-state index in [1.165, 1.54) is 121 Å². The Morgan fingerprint density at radius 2 is 1.18 bits per heavy atom. The van der Waals surface area contributed by atoms with Gasteiger partial charge in [0.15, 0.2) is 0 Å². The molecule has 0 saturated carbocycles. The summed E-state index contributed by atoms with van der Waals surface area (Å²) >= 11 is 2.03. The quantitative estimate of drug-likeness (QED) is 0.153. The van der Waals surface area contributed by atoms with E-state index in [-0.39, 0.29) is 28.4 Å². The number of anilines is 6. The summed E-state index contributed by atoms with van der Waals surface area (Å²) in [4.78, 5) is 5.06. The highest BCUT2D eigenvalue weighted by atomic mass is 32.1. The minimum absolute atomic E-state index is 0.0633. The Morgan fingerprint density at radius 3 is 1.83 bits per heavy atom. The lowest BCUT2D eigenvalue weighted by atomic mass is 9.37. The Labute approximate surface area is 401 Å². The SMILES string of the molecule is CC1(C)CCC(C)(C)c2cc3c(cc21)B(c1cc2cc4c(cc2s1)C(C)(C)CCC4(C)C)c1ccc(N(c2c#cc([Si](C)(C)C)cc2)c2ccccc2)cc1N3c1ccc2c(c1)CCCC2. The number of aryl methyl sites for hydroxylation is 2. The van der Waals surface area contributed by atoms with Crippen LogP contribution in [0.15, 0.2) is 109 Å². The van der Waals surface area contributed by atoms with E-state index in [1.54, 1.807) is 5.56 Å². The smallest absolute Gasteiger partial charge is 0.259 e. The average Bonchev–Trinajstić information content (AvgIpc) is 3.71. The zero-order chi connectivity index (χ0) is 46.1. The summed E-state index contributed by atoms with van der Waals surface area (Å²) in [7, 11) is -1.58. The van der Waals surface area contributed by atoms with E-state index in [0.717, 1.165) is 23.5 Å². The van der Waals surface area contributed by atoms with Crippen LogP contribution in [0.25, 0.3) is 10.1 Å². The van der Waals surface area contributed by atoms with Gasteiger partial charge >= 0.3 is 0 Å². The molecule has 3 aliphatic carbocycles. The summed E-state index contributed by atoms with van der Waals surface area (Å²) in [5.41, 5.74) is 19.5. The van der Waals surface area contributed by atoms with E-state index in [0.29, 0.717) is 0 Å². The second-order valence-electron chi connectivity index (χ2n) is 24.1. The second-order valence-corrected chi connectivity index (χ2v) is 30.2. The van der Waals surface area contributed by atoms with Crippen molar-refractivity contribution in [1.29, 1.82) is 0 Å². The van der Waals surface area contributed by atoms with Gasteiger partial charge in [-0.15, -0.1) is 11.3 Å². The van der Waals surface area contributed by atoms with Crippen LogP contribution in [0, 0.1) is 12.1 Å². The summed E-state index contributed by atoms with van der Waals surface area (Å²) in [5.74, 6) is 0. The largest absolute Gasteiger partial charge is 0.311 e. The molecule has 4 aliphatic rings. The Hall–Kier alpha value is -5.02. The van der Waals surface area contributed by atoms with Crippen molar-refractivity contribution >= 4 is 91.2 Å². The van der Waals surface area contributed by atoms with E-state index in [4.69, 9.17) is 0 Å². The molecule has 0 N–H and O–H groups in total. The van der Waals surface area contributed by atoms with Gasteiger partial charge in [-0.25, -0.2) is 0 Å². The fraction of sp³-hybridized carbons (Fsp3) is 0.377. The van der Waals surface area contributed by atoms with Gasteiger partial charge in [0.1, 0.15) is 0 Å². The van der Waals surface area contributed by atoms with Crippen LogP contribution in [0.5, 0.6) is 0 Å². The van der Waals surface area contributed by atoms with Gasteiger partial charge in [-0.1, -0.05) is 124 Å².